The molecule has 0 radical (unpaired) electrons. The molecule has 1 aromatic heterocycles. The third-order valence-electron chi connectivity index (χ3n) is 3.90. The zero-order valence-electron chi connectivity index (χ0n) is 13.9. The number of hydrogen-bond donors (Lipinski definition) is 2. The molecule has 1 amide bonds. The lowest BCUT2D eigenvalue weighted by atomic mass is 10.1. The number of anilines is 1. The van der Waals surface area contributed by atoms with Crippen LogP contribution in [0.25, 0.3) is 11.3 Å². The van der Waals surface area contributed by atoms with Gasteiger partial charge >= 0.3 is 0 Å². The lowest BCUT2D eigenvalue weighted by molar-refractivity contribution is 0.102. The van der Waals surface area contributed by atoms with Crippen molar-refractivity contribution in [2.24, 2.45) is 0 Å². The normalized spacial score (nSPS) is 10.8. The second-order valence-corrected chi connectivity index (χ2v) is 6.50. The summed E-state index contributed by atoms with van der Waals surface area (Å²) in [7, 11) is 0. The van der Waals surface area contributed by atoms with Crippen LogP contribution in [0.3, 0.4) is 0 Å². The summed E-state index contributed by atoms with van der Waals surface area (Å²) in [6.07, 6.45) is 0.564. The van der Waals surface area contributed by atoms with E-state index in [2.05, 4.69) is 10.5 Å². The number of carbonyl (C=O) groups is 1. The number of nitrogens with zero attached hydrogens (tertiary/aromatic N) is 1. The number of hydrogen-bond acceptors (Lipinski definition) is 4. The van der Waals surface area contributed by atoms with Gasteiger partial charge in [-0.3, -0.25) is 4.79 Å². The van der Waals surface area contributed by atoms with Gasteiger partial charge in [-0.05, 0) is 43.2 Å². The van der Waals surface area contributed by atoms with Crippen molar-refractivity contribution in [1.82, 2.24) is 5.16 Å². The fourth-order valence-corrected chi connectivity index (χ4v) is 3.19. The fourth-order valence-electron chi connectivity index (χ4n) is 2.61. The van der Waals surface area contributed by atoms with Gasteiger partial charge in [0.15, 0.2) is 0 Å². The predicted octanol–water partition coefficient (Wildman–Crippen LogP) is 4.74. The molecule has 7 heteroatoms. The number of aromatic nitrogens is 1. The van der Waals surface area contributed by atoms with Crippen molar-refractivity contribution >= 4 is 34.8 Å². The molecular weight excluding hydrogens is 375 g/mol. The smallest absolute Gasteiger partial charge is 0.261 e. The summed E-state index contributed by atoms with van der Waals surface area (Å²) in [5, 5.41) is 16.5. The van der Waals surface area contributed by atoms with Gasteiger partial charge in [-0.25, -0.2) is 0 Å². The third-order valence-corrected chi connectivity index (χ3v) is 4.53. The van der Waals surface area contributed by atoms with Crippen LogP contribution in [0.1, 0.15) is 21.7 Å². The first-order valence-electron chi connectivity index (χ1n) is 7.93. The maximum absolute atomic E-state index is 12.8. The highest BCUT2D eigenvalue weighted by molar-refractivity contribution is 6.39. The zero-order valence-corrected chi connectivity index (χ0v) is 15.4. The van der Waals surface area contributed by atoms with Gasteiger partial charge in [-0.15, -0.1) is 0 Å². The van der Waals surface area contributed by atoms with Crippen molar-refractivity contribution in [3.8, 4) is 11.3 Å². The number of benzene rings is 2. The first kappa shape index (κ1) is 18.5. The SMILES string of the molecule is Cc1onc(-c2c(Cl)cccc2Cl)c1C(=O)Nc1ccc(CCO)cc1. The van der Waals surface area contributed by atoms with Gasteiger partial charge in [0.25, 0.3) is 5.91 Å². The molecule has 1 heterocycles. The van der Waals surface area contributed by atoms with Crippen molar-refractivity contribution in [2.75, 3.05) is 11.9 Å². The van der Waals surface area contributed by atoms with Gasteiger partial charge in [0.2, 0.25) is 0 Å². The molecule has 0 saturated heterocycles. The van der Waals surface area contributed by atoms with Gasteiger partial charge in [0.05, 0.1) is 10.0 Å². The van der Waals surface area contributed by atoms with Crippen molar-refractivity contribution in [3.05, 3.63) is 69.4 Å². The van der Waals surface area contributed by atoms with E-state index in [0.717, 1.165) is 5.56 Å². The van der Waals surface area contributed by atoms with E-state index in [-0.39, 0.29) is 18.1 Å². The summed E-state index contributed by atoms with van der Waals surface area (Å²) in [5.41, 5.74) is 2.63. The Morgan fingerprint density at radius 3 is 2.42 bits per heavy atom. The van der Waals surface area contributed by atoms with Gasteiger partial charge in [-0.1, -0.05) is 46.6 Å². The van der Waals surface area contributed by atoms with Crippen LogP contribution >= 0.6 is 23.2 Å². The van der Waals surface area contributed by atoms with Crippen molar-refractivity contribution in [3.63, 3.8) is 0 Å². The largest absolute Gasteiger partial charge is 0.396 e. The topological polar surface area (TPSA) is 75.4 Å². The lowest BCUT2D eigenvalue weighted by Gasteiger charge is -2.08. The van der Waals surface area contributed by atoms with E-state index in [9.17, 15) is 4.79 Å². The lowest BCUT2D eigenvalue weighted by Crippen LogP contribution is -2.13. The molecule has 5 nitrogen and oxygen atoms in total. The Bertz CT molecular complexity index is 916. The number of halogens is 2. The van der Waals surface area contributed by atoms with Crippen LogP contribution in [0.2, 0.25) is 10.0 Å². The van der Waals surface area contributed by atoms with Gasteiger partial charge in [0, 0.05) is 17.9 Å². The van der Waals surface area contributed by atoms with Crippen molar-refractivity contribution in [2.45, 2.75) is 13.3 Å². The summed E-state index contributed by atoms with van der Waals surface area (Å²) in [5.74, 6) is -0.00460. The molecule has 26 heavy (non-hydrogen) atoms. The van der Waals surface area contributed by atoms with Crippen LogP contribution in [0.15, 0.2) is 47.0 Å². The maximum Gasteiger partial charge on any atom is 0.261 e. The Kier molecular flexibility index (Phi) is 5.61. The van der Waals surface area contributed by atoms with Gasteiger partial charge in [-0.2, -0.15) is 0 Å². The van der Waals surface area contributed by atoms with Gasteiger partial charge in [0.1, 0.15) is 17.0 Å². The molecule has 0 aliphatic carbocycles. The number of carbonyl (C=O) groups excluding carboxylic acids is 1. The Morgan fingerprint density at radius 2 is 1.81 bits per heavy atom. The summed E-state index contributed by atoms with van der Waals surface area (Å²) in [4.78, 5) is 12.8. The van der Waals surface area contributed by atoms with E-state index in [4.69, 9.17) is 32.8 Å². The molecule has 0 fully saturated rings. The number of nitrogens with one attached hydrogen (secondary N) is 1. The number of aliphatic hydroxyl groups is 1. The van der Waals surface area contributed by atoms with E-state index in [0.29, 0.717) is 39.2 Å². The standard InChI is InChI=1S/C19H16Cl2N2O3/c1-11-16(18(23-26-11)17-14(20)3-2-4-15(17)21)19(25)22-13-7-5-12(6-8-13)9-10-24/h2-8,24H,9-10H2,1H3,(H,22,25). The third kappa shape index (κ3) is 3.75. The average molecular weight is 391 g/mol. The molecule has 3 aromatic rings. The molecule has 134 valence electrons. The molecule has 0 aliphatic rings. The van der Waals surface area contributed by atoms with E-state index in [1.807, 2.05) is 12.1 Å². The second-order valence-electron chi connectivity index (χ2n) is 5.68. The molecule has 2 N–H and O–H groups in total. The van der Waals surface area contributed by atoms with E-state index >= 15 is 0 Å². The molecule has 0 spiro atoms. The Hall–Kier alpha value is -2.34. The van der Waals surface area contributed by atoms with Crippen LogP contribution in [-0.2, 0) is 6.42 Å². The molecule has 0 unspecified atom stereocenters. The molecule has 0 bridgehead atoms. The van der Waals surface area contributed by atoms with Crippen LogP contribution in [0.5, 0.6) is 0 Å². The summed E-state index contributed by atoms with van der Waals surface area (Å²) >= 11 is 12.5. The molecular formula is C19H16Cl2N2O3. The fraction of sp³-hybridized carbons (Fsp3) is 0.158. The molecule has 0 aliphatic heterocycles. The molecule has 0 saturated carbocycles. The van der Waals surface area contributed by atoms with E-state index in [1.54, 1.807) is 37.3 Å². The second kappa shape index (κ2) is 7.91. The highest BCUT2D eigenvalue weighted by Crippen LogP contribution is 2.36. The van der Waals surface area contributed by atoms with Gasteiger partial charge < -0.3 is 14.9 Å². The Morgan fingerprint density at radius 1 is 1.15 bits per heavy atom. The highest BCUT2D eigenvalue weighted by Gasteiger charge is 2.24. The van der Waals surface area contributed by atoms with Crippen LogP contribution in [0.4, 0.5) is 5.69 Å². The summed E-state index contributed by atoms with van der Waals surface area (Å²) < 4.78 is 5.21. The van der Waals surface area contributed by atoms with Crippen molar-refractivity contribution in [1.29, 1.82) is 0 Å². The molecule has 0 atom stereocenters. The quantitative estimate of drug-likeness (QED) is 0.659. The first-order chi connectivity index (χ1) is 12.5. The number of rotatable bonds is 5. The minimum Gasteiger partial charge on any atom is -0.396 e. The van der Waals surface area contributed by atoms with Crippen LogP contribution in [0, 0.1) is 6.92 Å². The summed E-state index contributed by atoms with van der Waals surface area (Å²) in [6, 6.07) is 12.3. The van der Waals surface area contributed by atoms with Crippen LogP contribution in [-0.4, -0.2) is 22.8 Å². The maximum atomic E-state index is 12.8. The van der Waals surface area contributed by atoms with Crippen LogP contribution < -0.4 is 5.32 Å². The van der Waals surface area contributed by atoms with E-state index < -0.39 is 0 Å². The minimum atomic E-state index is -0.371. The first-order valence-corrected chi connectivity index (χ1v) is 8.68. The number of aryl methyl sites for hydroxylation is 1. The minimum absolute atomic E-state index is 0.0769. The molecule has 3 rings (SSSR count). The summed E-state index contributed by atoms with van der Waals surface area (Å²) in [6.45, 7) is 1.73. The number of amides is 1. The predicted molar refractivity (Wildman–Crippen MR) is 102 cm³/mol. The number of aliphatic hydroxyl groups excluding tert-OH is 1. The van der Waals surface area contributed by atoms with E-state index in [1.165, 1.54) is 0 Å². The zero-order chi connectivity index (χ0) is 18.7. The van der Waals surface area contributed by atoms with Crippen molar-refractivity contribution < 1.29 is 14.4 Å². The highest BCUT2D eigenvalue weighted by atomic mass is 35.5. The Balaban J connectivity index is 1.92. The molecule has 2 aromatic carbocycles. The Labute approximate surface area is 160 Å². The average Bonchev–Trinajstić information content (AvgIpc) is 2.98. The monoisotopic (exact) mass is 390 g/mol.